The first-order chi connectivity index (χ1) is 10.4. The quantitative estimate of drug-likeness (QED) is 0.803. The van der Waals surface area contributed by atoms with Gasteiger partial charge in [0.15, 0.2) is 0 Å². The molecule has 130 valence electrons. The minimum absolute atomic E-state index is 0.295. The monoisotopic (exact) mass is 343 g/mol. The molecule has 2 heterocycles. The molecule has 1 aromatic heterocycles. The molecule has 0 unspecified atom stereocenters. The van der Waals surface area contributed by atoms with Gasteiger partial charge >= 0.3 is 0 Å². The largest absolute Gasteiger partial charge is 0.350 e. The van der Waals surface area contributed by atoms with E-state index in [1.807, 2.05) is 27.7 Å². The Morgan fingerprint density at radius 1 is 1.39 bits per heavy atom. The lowest BCUT2D eigenvalue weighted by atomic mass is 9.99. The average molecular weight is 343 g/mol. The minimum atomic E-state index is -3.73. The van der Waals surface area contributed by atoms with Gasteiger partial charge in [0.25, 0.3) is 10.2 Å². The highest BCUT2D eigenvalue weighted by atomic mass is 32.2. The third kappa shape index (κ3) is 3.91. The summed E-state index contributed by atoms with van der Waals surface area (Å²) in [4.78, 5) is 12.5. The highest BCUT2D eigenvalue weighted by Gasteiger charge is 2.42. The molecular formula is C14H25N5O3S. The molecule has 2 N–H and O–H groups in total. The summed E-state index contributed by atoms with van der Waals surface area (Å²) in [5.74, 6) is -0.295. The van der Waals surface area contributed by atoms with Crippen LogP contribution in [0, 0.1) is 6.92 Å². The molecule has 8 nitrogen and oxygen atoms in total. The summed E-state index contributed by atoms with van der Waals surface area (Å²) in [5, 5.41) is 7.11. The molecule has 1 aliphatic rings. The molecule has 1 aliphatic heterocycles. The summed E-state index contributed by atoms with van der Waals surface area (Å²) in [6, 6.07) is -1.23. The maximum atomic E-state index is 12.5. The first kappa shape index (κ1) is 17.9. The van der Waals surface area contributed by atoms with Crippen molar-refractivity contribution < 1.29 is 13.2 Å². The fourth-order valence-corrected chi connectivity index (χ4v) is 3.99. The van der Waals surface area contributed by atoms with Crippen molar-refractivity contribution in [1.29, 1.82) is 0 Å². The van der Waals surface area contributed by atoms with E-state index in [0.717, 1.165) is 15.6 Å². The summed E-state index contributed by atoms with van der Waals surface area (Å²) in [6.07, 6.45) is 2.14. The predicted octanol–water partition coefficient (Wildman–Crippen LogP) is 0.223. The van der Waals surface area contributed by atoms with Gasteiger partial charge in [-0.3, -0.25) is 9.48 Å². The Morgan fingerprint density at radius 2 is 2.00 bits per heavy atom. The Bertz CT molecular complexity index is 704. The molecule has 23 heavy (non-hydrogen) atoms. The van der Waals surface area contributed by atoms with E-state index in [9.17, 15) is 13.2 Å². The normalized spacial score (nSPS) is 25.3. The third-order valence-corrected chi connectivity index (χ3v) is 5.39. The molecule has 9 heteroatoms. The summed E-state index contributed by atoms with van der Waals surface area (Å²) in [6.45, 7) is 7.42. The van der Waals surface area contributed by atoms with Gasteiger partial charge in [-0.1, -0.05) is 0 Å². The van der Waals surface area contributed by atoms with E-state index in [-0.39, 0.29) is 5.91 Å². The number of aryl methyl sites for hydroxylation is 2. The van der Waals surface area contributed by atoms with E-state index in [2.05, 4.69) is 15.1 Å². The van der Waals surface area contributed by atoms with Crippen LogP contribution < -0.4 is 10.0 Å². The van der Waals surface area contributed by atoms with Crippen molar-refractivity contribution in [3.8, 4) is 0 Å². The average Bonchev–Trinajstić information content (AvgIpc) is 2.69. The lowest BCUT2D eigenvalue weighted by molar-refractivity contribution is -0.126. The Balaban J connectivity index is 2.32. The first-order valence-corrected chi connectivity index (χ1v) is 8.92. The van der Waals surface area contributed by atoms with Crippen LogP contribution >= 0.6 is 0 Å². The van der Waals surface area contributed by atoms with Gasteiger partial charge in [0.2, 0.25) is 5.91 Å². The van der Waals surface area contributed by atoms with Crippen LogP contribution in [0.3, 0.4) is 0 Å². The molecular weight excluding hydrogens is 318 g/mol. The van der Waals surface area contributed by atoms with E-state index >= 15 is 0 Å². The fourth-order valence-electron chi connectivity index (χ4n) is 2.73. The van der Waals surface area contributed by atoms with Crippen molar-refractivity contribution in [2.45, 2.75) is 51.7 Å². The zero-order valence-electron chi connectivity index (χ0n) is 14.4. The molecule has 0 spiro atoms. The Kier molecular flexibility index (Phi) is 4.57. The van der Waals surface area contributed by atoms with Crippen molar-refractivity contribution in [2.24, 2.45) is 7.05 Å². The second kappa shape index (κ2) is 5.88. The number of nitrogens with one attached hydrogen (secondary N) is 2. The van der Waals surface area contributed by atoms with Crippen molar-refractivity contribution in [1.82, 2.24) is 24.1 Å². The van der Waals surface area contributed by atoms with Crippen LogP contribution in [0.4, 0.5) is 0 Å². The Morgan fingerprint density at radius 3 is 2.48 bits per heavy atom. The van der Waals surface area contributed by atoms with E-state index in [0.29, 0.717) is 6.42 Å². The van der Waals surface area contributed by atoms with Crippen LogP contribution in [0.5, 0.6) is 0 Å². The van der Waals surface area contributed by atoms with Crippen molar-refractivity contribution in [3.63, 3.8) is 0 Å². The number of carbonyl (C=O) groups excluding carboxylic acids is 1. The van der Waals surface area contributed by atoms with Crippen LogP contribution in [-0.2, 0) is 22.1 Å². The third-order valence-electron chi connectivity index (χ3n) is 3.80. The zero-order chi connectivity index (χ0) is 17.6. The van der Waals surface area contributed by atoms with Gasteiger partial charge in [0.05, 0.1) is 11.7 Å². The van der Waals surface area contributed by atoms with E-state index < -0.39 is 27.8 Å². The lowest BCUT2D eigenvalue weighted by Crippen LogP contribution is -2.59. The standard InChI is InChI=1S/C14H25N5O3S/c1-9-10(8-18(5)16-9)11-7-12(13(20)15-14(2,3)4)19(6)23(21,22)17-11/h8,11-12,17H,7H2,1-6H3,(H,15,20)/t11-,12+/m1/s1. The molecule has 0 saturated carbocycles. The maximum absolute atomic E-state index is 12.5. The van der Waals surface area contributed by atoms with E-state index in [1.165, 1.54) is 7.05 Å². The molecule has 1 saturated heterocycles. The fraction of sp³-hybridized carbons (Fsp3) is 0.714. The number of hydrogen-bond acceptors (Lipinski definition) is 4. The zero-order valence-corrected chi connectivity index (χ0v) is 15.2. The lowest BCUT2D eigenvalue weighted by Gasteiger charge is -2.37. The smallest absolute Gasteiger partial charge is 0.280 e. The van der Waals surface area contributed by atoms with Gasteiger partial charge in [-0.05, 0) is 34.1 Å². The summed E-state index contributed by atoms with van der Waals surface area (Å²) in [7, 11) is -0.531. The van der Waals surface area contributed by atoms with Crippen molar-refractivity contribution in [2.75, 3.05) is 7.05 Å². The highest BCUT2D eigenvalue weighted by Crippen LogP contribution is 2.29. The van der Waals surface area contributed by atoms with E-state index in [4.69, 9.17) is 0 Å². The molecule has 0 aromatic carbocycles. The second-order valence-electron chi connectivity index (χ2n) is 7.03. The van der Waals surface area contributed by atoms with Gasteiger partial charge in [-0.15, -0.1) is 0 Å². The molecule has 1 fully saturated rings. The van der Waals surface area contributed by atoms with Crippen LogP contribution in [0.15, 0.2) is 6.20 Å². The maximum Gasteiger partial charge on any atom is 0.280 e. The van der Waals surface area contributed by atoms with Gasteiger partial charge in [0, 0.05) is 31.4 Å². The summed E-state index contributed by atoms with van der Waals surface area (Å²) < 4.78 is 30.1. The van der Waals surface area contributed by atoms with Gasteiger partial charge < -0.3 is 5.32 Å². The minimum Gasteiger partial charge on any atom is -0.350 e. The van der Waals surface area contributed by atoms with Crippen LogP contribution in [-0.4, -0.2) is 47.0 Å². The highest BCUT2D eigenvalue weighted by molar-refractivity contribution is 7.87. The molecule has 1 aromatic rings. The Hall–Kier alpha value is -1.45. The molecule has 0 bridgehead atoms. The summed E-state index contributed by atoms with van der Waals surface area (Å²) >= 11 is 0. The van der Waals surface area contributed by atoms with Gasteiger partial charge in [-0.2, -0.15) is 22.5 Å². The SMILES string of the molecule is Cc1nn(C)cc1[C@H]1C[C@@H](C(=O)NC(C)(C)C)N(C)S(=O)(=O)N1. The molecule has 2 atom stereocenters. The number of carbonyl (C=O) groups is 1. The first-order valence-electron chi connectivity index (χ1n) is 7.48. The van der Waals surface area contributed by atoms with Crippen molar-refractivity contribution >= 4 is 16.1 Å². The van der Waals surface area contributed by atoms with Crippen molar-refractivity contribution in [3.05, 3.63) is 17.5 Å². The number of nitrogens with zero attached hydrogens (tertiary/aromatic N) is 3. The van der Waals surface area contributed by atoms with E-state index in [1.54, 1.807) is 17.9 Å². The van der Waals surface area contributed by atoms with Crippen LogP contribution in [0.1, 0.15) is 44.5 Å². The van der Waals surface area contributed by atoms with Crippen LogP contribution in [0.2, 0.25) is 0 Å². The second-order valence-corrected chi connectivity index (χ2v) is 8.79. The number of aromatic nitrogens is 2. The molecule has 0 radical (unpaired) electrons. The number of amides is 1. The summed E-state index contributed by atoms with van der Waals surface area (Å²) in [5.41, 5.74) is 1.11. The number of hydrogen-bond donors (Lipinski definition) is 2. The topological polar surface area (TPSA) is 96.3 Å². The van der Waals surface area contributed by atoms with Gasteiger partial charge in [0.1, 0.15) is 6.04 Å². The molecule has 0 aliphatic carbocycles. The number of likely N-dealkylation sites (N-methyl/N-ethyl adjacent to an activating group) is 1. The van der Waals surface area contributed by atoms with Crippen LogP contribution in [0.25, 0.3) is 0 Å². The van der Waals surface area contributed by atoms with Gasteiger partial charge in [-0.25, -0.2) is 0 Å². The molecule has 2 rings (SSSR count). The molecule has 1 amide bonds. The predicted molar refractivity (Wildman–Crippen MR) is 86.8 cm³/mol. The number of rotatable bonds is 2. The Labute approximate surface area is 137 Å².